The van der Waals surface area contributed by atoms with Crippen molar-refractivity contribution in [2.24, 2.45) is 5.92 Å². The Hall–Kier alpha value is -1.19. The number of hydrogen-bond donors (Lipinski definition) is 1. The van der Waals surface area contributed by atoms with Crippen LogP contribution in [0, 0.1) is 5.92 Å². The lowest BCUT2D eigenvalue weighted by Crippen LogP contribution is -2.38. The first-order valence-electron chi connectivity index (χ1n) is 7.07. The maximum absolute atomic E-state index is 12.1. The minimum atomic E-state index is -0.115. The van der Waals surface area contributed by atoms with Gasteiger partial charge >= 0.3 is 0 Å². The van der Waals surface area contributed by atoms with Gasteiger partial charge in [-0.25, -0.2) is 0 Å². The fourth-order valence-corrected chi connectivity index (χ4v) is 2.62. The summed E-state index contributed by atoms with van der Waals surface area (Å²) in [4.78, 5) is 14.2. The average Bonchev–Trinajstić information content (AvgIpc) is 2.37. The standard InChI is InChI=1S/C16H23NO2/c1-3-12-4-6-14(7-5-12)16(19)11-17(2)10-13-8-15(18)9-13/h4-7,13,15,18H,3,8-11H2,1-2H3. The number of hydrogen-bond acceptors (Lipinski definition) is 3. The van der Waals surface area contributed by atoms with Gasteiger partial charge in [-0.1, -0.05) is 31.2 Å². The van der Waals surface area contributed by atoms with E-state index in [1.54, 1.807) is 0 Å². The van der Waals surface area contributed by atoms with E-state index in [9.17, 15) is 9.90 Å². The molecule has 0 heterocycles. The maximum atomic E-state index is 12.1. The number of likely N-dealkylation sites (N-methyl/N-ethyl adjacent to an activating group) is 1. The molecule has 0 aliphatic heterocycles. The fourth-order valence-electron chi connectivity index (χ4n) is 2.62. The monoisotopic (exact) mass is 261 g/mol. The highest BCUT2D eigenvalue weighted by Gasteiger charge is 2.28. The van der Waals surface area contributed by atoms with E-state index in [1.165, 1.54) is 5.56 Å². The van der Waals surface area contributed by atoms with E-state index in [4.69, 9.17) is 0 Å². The molecule has 0 atom stereocenters. The van der Waals surface area contributed by atoms with Gasteiger partial charge in [0.25, 0.3) is 0 Å². The van der Waals surface area contributed by atoms with Crippen LogP contribution in [-0.2, 0) is 6.42 Å². The minimum absolute atomic E-state index is 0.115. The molecule has 1 aromatic rings. The van der Waals surface area contributed by atoms with Gasteiger partial charge in [-0.3, -0.25) is 9.69 Å². The molecule has 1 aliphatic rings. The molecule has 104 valence electrons. The Morgan fingerprint density at radius 1 is 1.32 bits per heavy atom. The topological polar surface area (TPSA) is 40.5 Å². The highest BCUT2D eigenvalue weighted by Crippen LogP contribution is 2.27. The van der Waals surface area contributed by atoms with Gasteiger partial charge in [0.1, 0.15) is 0 Å². The molecule has 3 heteroatoms. The van der Waals surface area contributed by atoms with E-state index in [0.29, 0.717) is 12.5 Å². The summed E-state index contributed by atoms with van der Waals surface area (Å²) in [6.07, 6.45) is 2.64. The number of aryl methyl sites for hydroxylation is 1. The molecule has 0 saturated heterocycles. The molecule has 0 bridgehead atoms. The van der Waals surface area contributed by atoms with Gasteiger partial charge in [0.05, 0.1) is 12.6 Å². The van der Waals surface area contributed by atoms with Gasteiger partial charge in [-0.15, -0.1) is 0 Å². The molecule has 0 radical (unpaired) electrons. The van der Waals surface area contributed by atoms with E-state index in [2.05, 4.69) is 11.8 Å². The van der Waals surface area contributed by atoms with Crippen molar-refractivity contribution in [3.05, 3.63) is 35.4 Å². The zero-order chi connectivity index (χ0) is 13.8. The first-order valence-corrected chi connectivity index (χ1v) is 7.07. The molecule has 0 aromatic heterocycles. The second kappa shape index (κ2) is 6.31. The largest absolute Gasteiger partial charge is 0.393 e. The summed E-state index contributed by atoms with van der Waals surface area (Å²) in [6.45, 7) is 3.46. The maximum Gasteiger partial charge on any atom is 0.176 e. The van der Waals surface area contributed by atoms with Crippen LogP contribution in [0.25, 0.3) is 0 Å². The van der Waals surface area contributed by atoms with Crippen molar-refractivity contribution >= 4 is 5.78 Å². The molecule has 1 fully saturated rings. The van der Waals surface area contributed by atoms with Crippen molar-refractivity contribution in [1.82, 2.24) is 4.90 Å². The Bertz CT molecular complexity index is 421. The predicted octanol–water partition coefficient (Wildman–Crippen LogP) is 2.13. The molecule has 0 unspecified atom stereocenters. The molecule has 1 saturated carbocycles. The predicted molar refractivity (Wildman–Crippen MR) is 76.4 cm³/mol. The average molecular weight is 261 g/mol. The van der Waals surface area contributed by atoms with E-state index < -0.39 is 0 Å². The van der Waals surface area contributed by atoms with Crippen LogP contribution >= 0.6 is 0 Å². The third kappa shape index (κ3) is 3.88. The van der Waals surface area contributed by atoms with Crippen LogP contribution < -0.4 is 0 Å². The quantitative estimate of drug-likeness (QED) is 0.798. The smallest absolute Gasteiger partial charge is 0.176 e. The van der Waals surface area contributed by atoms with Crippen LogP contribution in [0.15, 0.2) is 24.3 Å². The third-order valence-electron chi connectivity index (χ3n) is 3.88. The lowest BCUT2D eigenvalue weighted by Gasteiger charge is -2.34. The minimum Gasteiger partial charge on any atom is -0.393 e. The van der Waals surface area contributed by atoms with Crippen LogP contribution in [0.4, 0.5) is 0 Å². The highest BCUT2D eigenvalue weighted by molar-refractivity contribution is 5.97. The second-order valence-corrected chi connectivity index (χ2v) is 5.66. The SMILES string of the molecule is CCc1ccc(C(=O)CN(C)CC2CC(O)C2)cc1. The molecule has 19 heavy (non-hydrogen) atoms. The van der Waals surface area contributed by atoms with Crippen LogP contribution in [-0.4, -0.2) is 42.0 Å². The summed E-state index contributed by atoms with van der Waals surface area (Å²) in [5.74, 6) is 0.722. The van der Waals surface area contributed by atoms with E-state index in [1.807, 2.05) is 31.3 Å². The summed E-state index contributed by atoms with van der Waals surface area (Å²) < 4.78 is 0. The van der Waals surface area contributed by atoms with Crippen molar-refractivity contribution in [3.63, 3.8) is 0 Å². The van der Waals surface area contributed by atoms with Gasteiger partial charge in [0.15, 0.2) is 5.78 Å². The van der Waals surface area contributed by atoms with Crippen molar-refractivity contribution in [3.8, 4) is 0 Å². The number of rotatable bonds is 6. The Balaban J connectivity index is 1.82. The number of nitrogens with zero attached hydrogens (tertiary/aromatic N) is 1. The normalized spacial score (nSPS) is 22.3. The molecule has 3 nitrogen and oxygen atoms in total. The lowest BCUT2D eigenvalue weighted by molar-refractivity contribution is 0.0286. The molecule has 0 spiro atoms. The zero-order valence-electron chi connectivity index (χ0n) is 11.8. The summed E-state index contributed by atoms with van der Waals surface area (Å²) in [7, 11) is 1.98. The number of Topliss-reactive ketones (excluding diaryl/α,β-unsaturated/α-hetero) is 1. The molecular weight excluding hydrogens is 238 g/mol. The van der Waals surface area contributed by atoms with E-state index in [0.717, 1.165) is 31.4 Å². The molecule has 1 aromatic carbocycles. The summed E-state index contributed by atoms with van der Waals surface area (Å²) in [5.41, 5.74) is 2.05. The fraction of sp³-hybridized carbons (Fsp3) is 0.562. The molecular formula is C16H23NO2. The van der Waals surface area contributed by atoms with Gasteiger partial charge in [0, 0.05) is 12.1 Å². The lowest BCUT2D eigenvalue weighted by atomic mass is 9.82. The third-order valence-corrected chi connectivity index (χ3v) is 3.88. The van der Waals surface area contributed by atoms with Crippen molar-refractivity contribution < 1.29 is 9.90 Å². The number of aliphatic hydroxyl groups excluding tert-OH is 1. The Morgan fingerprint density at radius 2 is 1.95 bits per heavy atom. The van der Waals surface area contributed by atoms with Crippen LogP contribution in [0.1, 0.15) is 35.7 Å². The van der Waals surface area contributed by atoms with Crippen molar-refractivity contribution in [2.45, 2.75) is 32.3 Å². The summed E-state index contributed by atoms with van der Waals surface area (Å²) in [6, 6.07) is 7.88. The van der Waals surface area contributed by atoms with Crippen LogP contribution in [0.5, 0.6) is 0 Å². The summed E-state index contributed by atoms with van der Waals surface area (Å²) in [5, 5.41) is 9.26. The highest BCUT2D eigenvalue weighted by atomic mass is 16.3. The first-order chi connectivity index (χ1) is 9.08. The van der Waals surface area contributed by atoms with Crippen molar-refractivity contribution in [1.29, 1.82) is 0 Å². The van der Waals surface area contributed by atoms with E-state index >= 15 is 0 Å². The van der Waals surface area contributed by atoms with Gasteiger partial charge < -0.3 is 5.11 Å². The van der Waals surface area contributed by atoms with Gasteiger partial charge in [-0.2, -0.15) is 0 Å². The number of carbonyl (C=O) groups is 1. The number of carbonyl (C=O) groups excluding carboxylic acids is 1. The Labute approximate surface area is 115 Å². The number of aliphatic hydroxyl groups is 1. The summed E-state index contributed by atoms with van der Waals surface area (Å²) >= 11 is 0. The first kappa shape index (κ1) is 14.2. The number of ketones is 1. The Morgan fingerprint density at radius 3 is 2.47 bits per heavy atom. The molecule has 0 amide bonds. The molecule has 1 aliphatic carbocycles. The van der Waals surface area contributed by atoms with Gasteiger partial charge in [-0.05, 0) is 37.8 Å². The Kier molecular flexibility index (Phi) is 4.72. The van der Waals surface area contributed by atoms with Crippen molar-refractivity contribution in [2.75, 3.05) is 20.1 Å². The van der Waals surface area contributed by atoms with Crippen LogP contribution in [0.2, 0.25) is 0 Å². The van der Waals surface area contributed by atoms with Crippen LogP contribution in [0.3, 0.4) is 0 Å². The molecule has 2 rings (SSSR count). The molecule has 1 N–H and O–H groups in total. The van der Waals surface area contributed by atoms with E-state index in [-0.39, 0.29) is 11.9 Å². The number of benzene rings is 1. The zero-order valence-corrected chi connectivity index (χ0v) is 11.8. The second-order valence-electron chi connectivity index (χ2n) is 5.66. The van der Waals surface area contributed by atoms with Gasteiger partial charge in [0.2, 0.25) is 0 Å².